The third-order valence-corrected chi connectivity index (χ3v) is 5.53. The van der Waals surface area contributed by atoms with E-state index in [-0.39, 0.29) is 11.5 Å². The van der Waals surface area contributed by atoms with E-state index in [2.05, 4.69) is 4.72 Å². The molecule has 0 spiro atoms. The second-order valence-electron chi connectivity index (χ2n) is 6.51. The van der Waals surface area contributed by atoms with Gasteiger partial charge >= 0.3 is 22.0 Å². The van der Waals surface area contributed by atoms with Gasteiger partial charge in [-0.15, -0.1) is 0 Å². The Morgan fingerprint density at radius 1 is 1.03 bits per heavy atom. The molecule has 0 saturated carbocycles. The van der Waals surface area contributed by atoms with Crippen molar-refractivity contribution in [3.05, 3.63) is 54.7 Å². The van der Waals surface area contributed by atoms with Crippen LogP contribution in [0.2, 0.25) is 0 Å². The topological polar surface area (TPSA) is 68.5 Å². The number of aryl methyl sites for hydroxylation is 1. The first-order valence-electron chi connectivity index (χ1n) is 8.63. The summed E-state index contributed by atoms with van der Waals surface area (Å²) in [5.41, 5.74) is 0. The number of nitrogens with one attached hydrogen (secondary N) is 1. The van der Waals surface area contributed by atoms with Gasteiger partial charge in [0.05, 0.1) is 6.20 Å². The van der Waals surface area contributed by atoms with Crippen LogP contribution in [0.15, 0.2) is 54.7 Å². The Balaban J connectivity index is 1.62. The first-order chi connectivity index (χ1) is 13.7. The number of ether oxygens (including phenoxy) is 2. The average Bonchev–Trinajstić information content (AvgIpc) is 2.65. The van der Waals surface area contributed by atoms with Crippen LogP contribution < -0.4 is 18.8 Å². The molecule has 0 saturated heterocycles. The largest absolute Gasteiger partial charge is 0.484 e. The fourth-order valence-corrected chi connectivity index (χ4v) is 4.02. The summed E-state index contributed by atoms with van der Waals surface area (Å²) < 4.78 is 75.7. The standard InChI is InChI=1S/C19H15F3N2O4S/c20-19(21,22)12-27-15-5-3-13-4-6-16(11-14(13)10-15)28-17-2-1-7-24-8-9-29(25,26)23-18(17)24/h1-7,10-11H,8-9,12H2/p+1. The predicted molar refractivity (Wildman–Crippen MR) is 99.6 cm³/mol. The van der Waals surface area contributed by atoms with Crippen LogP contribution in [-0.4, -0.2) is 27.0 Å². The summed E-state index contributed by atoms with van der Waals surface area (Å²) in [5.74, 6) is 1.11. The molecule has 1 aliphatic heterocycles. The number of sulfonamides is 1. The van der Waals surface area contributed by atoms with E-state index in [1.807, 2.05) is 0 Å². The molecule has 2 aromatic carbocycles. The van der Waals surface area contributed by atoms with Crippen molar-refractivity contribution in [1.82, 2.24) is 0 Å². The van der Waals surface area contributed by atoms with E-state index in [4.69, 9.17) is 9.47 Å². The number of alkyl halides is 3. The first kappa shape index (κ1) is 19.3. The molecule has 29 heavy (non-hydrogen) atoms. The number of nitrogens with zero attached hydrogens (tertiary/aromatic N) is 1. The second-order valence-corrected chi connectivity index (χ2v) is 8.35. The maximum atomic E-state index is 12.4. The minimum Gasteiger partial charge on any atom is -0.484 e. The molecule has 2 heterocycles. The number of rotatable bonds is 4. The summed E-state index contributed by atoms with van der Waals surface area (Å²) in [6.07, 6.45) is -2.67. The maximum absolute atomic E-state index is 12.4. The number of aromatic nitrogens is 1. The second kappa shape index (κ2) is 7.11. The van der Waals surface area contributed by atoms with Crippen molar-refractivity contribution in [1.29, 1.82) is 0 Å². The van der Waals surface area contributed by atoms with Crippen LogP contribution in [0, 0.1) is 0 Å². The molecule has 0 radical (unpaired) electrons. The molecule has 6 nitrogen and oxygen atoms in total. The molecule has 0 aliphatic carbocycles. The van der Waals surface area contributed by atoms with Gasteiger partial charge in [0.2, 0.25) is 5.75 Å². The van der Waals surface area contributed by atoms with Crippen LogP contribution >= 0.6 is 0 Å². The summed E-state index contributed by atoms with van der Waals surface area (Å²) >= 11 is 0. The van der Waals surface area contributed by atoms with Gasteiger partial charge in [-0.05, 0) is 47.2 Å². The van der Waals surface area contributed by atoms with E-state index in [9.17, 15) is 21.6 Å². The third-order valence-electron chi connectivity index (χ3n) is 4.30. The predicted octanol–water partition coefficient (Wildman–Crippen LogP) is 3.62. The van der Waals surface area contributed by atoms with Crippen LogP contribution in [-0.2, 0) is 16.6 Å². The van der Waals surface area contributed by atoms with Crippen molar-refractivity contribution in [2.75, 3.05) is 17.1 Å². The fourth-order valence-electron chi connectivity index (χ4n) is 2.97. The molecular formula is C19H16F3N2O4S+. The van der Waals surface area contributed by atoms with Crippen LogP contribution in [0.25, 0.3) is 10.8 Å². The number of halogens is 3. The highest BCUT2D eigenvalue weighted by molar-refractivity contribution is 7.92. The molecular weight excluding hydrogens is 409 g/mol. The summed E-state index contributed by atoms with van der Waals surface area (Å²) in [6, 6.07) is 13.1. The lowest BCUT2D eigenvalue weighted by Gasteiger charge is -2.16. The zero-order valence-corrected chi connectivity index (χ0v) is 15.8. The van der Waals surface area contributed by atoms with Crippen molar-refractivity contribution >= 4 is 26.6 Å². The van der Waals surface area contributed by atoms with Gasteiger partial charge in [-0.1, -0.05) is 12.1 Å². The molecule has 3 aromatic rings. The van der Waals surface area contributed by atoms with Gasteiger partial charge < -0.3 is 9.47 Å². The van der Waals surface area contributed by atoms with Crippen molar-refractivity contribution in [3.63, 3.8) is 0 Å². The van der Waals surface area contributed by atoms with Crippen LogP contribution in [0.3, 0.4) is 0 Å². The Bertz CT molecular complexity index is 1180. The van der Waals surface area contributed by atoms with Crippen molar-refractivity contribution in [3.8, 4) is 17.2 Å². The third kappa shape index (κ3) is 4.53. The van der Waals surface area contributed by atoms with E-state index < -0.39 is 22.8 Å². The van der Waals surface area contributed by atoms with Gasteiger partial charge in [-0.2, -0.15) is 26.3 Å². The van der Waals surface area contributed by atoms with Gasteiger partial charge in [0.15, 0.2) is 6.61 Å². The maximum Gasteiger partial charge on any atom is 0.422 e. The Morgan fingerprint density at radius 2 is 1.76 bits per heavy atom. The van der Waals surface area contributed by atoms with Gasteiger partial charge in [0.1, 0.15) is 23.8 Å². The Hall–Kier alpha value is -3.01. The van der Waals surface area contributed by atoms with E-state index in [1.165, 1.54) is 12.1 Å². The first-order valence-corrected chi connectivity index (χ1v) is 10.3. The number of pyridine rings is 1. The minimum atomic E-state index is -4.42. The molecule has 152 valence electrons. The lowest BCUT2D eigenvalue weighted by atomic mass is 10.1. The molecule has 1 N–H and O–H groups in total. The zero-order valence-electron chi connectivity index (χ0n) is 14.9. The Labute approximate surface area is 164 Å². The van der Waals surface area contributed by atoms with E-state index in [1.54, 1.807) is 47.2 Å². The van der Waals surface area contributed by atoms with Crippen LogP contribution in [0.5, 0.6) is 17.2 Å². The molecule has 1 aromatic heterocycles. The lowest BCUT2D eigenvalue weighted by Crippen LogP contribution is -2.46. The van der Waals surface area contributed by atoms with Gasteiger partial charge in [-0.3, -0.25) is 0 Å². The lowest BCUT2D eigenvalue weighted by molar-refractivity contribution is -0.679. The van der Waals surface area contributed by atoms with Crippen LogP contribution in [0.1, 0.15) is 0 Å². The Morgan fingerprint density at radius 3 is 2.52 bits per heavy atom. The van der Waals surface area contributed by atoms with E-state index in [0.717, 1.165) is 5.39 Å². The Kier molecular flexibility index (Phi) is 4.73. The van der Waals surface area contributed by atoms with Crippen molar-refractivity contribution in [2.45, 2.75) is 12.7 Å². The highest BCUT2D eigenvalue weighted by Crippen LogP contribution is 2.32. The van der Waals surface area contributed by atoms with E-state index in [0.29, 0.717) is 29.2 Å². The van der Waals surface area contributed by atoms with Crippen LogP contribution in [0.4, 0.5) is 19.0 Å². The average molecular weight is 425 g/mol. The van der Waals surface area contributed by atoms with Gasteiger partial charge in [-0.25, -0.2) is 4.57 Å². The molecule has 0 bridgehead atoms. The molecule has 1 aliphatic rings. The molecule has 0 amide bonds. The summed E-state index contributed by atoms with van der Waals surface area (Å²) in [7, 11) is -3.43. The van der Waals surface area contributed by atoms with Gasteiger partial charge in [0.25, 0.3) is 0 Å². The molecule has 4 rings (SSSR count). The van der Waals surface area contributed by atoms with Crippen molar-refractivity contribution < 1.29 is 35.6 Å². The monoisotopic (exact) mass is 425 g/mol. The number of hydrogen-bond donors (Lipinski definition) is 1. The fraction of sp³-hybridized carbons (Fsp3) is 0.211. The number of anilines is 1. The number of fused-ring (bicyclic) bond motifs is 2. The molecule has 0 fully saturated rings. The summed E-state index contributed by atoms with van der Waals surface area (Å²) in [5, 5.41) is 1.42. The quantitative estimate of drug-likeness (QED) is 0.649. The normalized spacial score (nSPS) is 15.4. The minimum absolute atomic E-state index is 0.0230. The smallest absolute Gasteiger partial charge is 0.422 e. The van der Waals surface area contributed by atoms with Gasteiger partial charge in [0, 0.05) is 0 Å². The molecule has 0 atom stereocenters. The highest BCUT2D eigenvalue weighted by Gasteiger charge is 2.30. The summed E-state index contributed by atoms with van der Waals surface area (Å²) in [4.78, 5) is 0. The number of benzene rings is 2. The van der Waals surface area contributed by atoms with E-state index >= 15 is 0 Å². The molecule has 0 unspecified atom stereocenters. The SMILES string of the molecule is O=S1(=O)CC[n+]2cccc(Oc3ccc4ccc(OCC(F)(F)F)cc4c3)c2N1. The van der Waals surface area contributed by atoms with Crippen molar-refractivity contribution in [2.24, 2.45) is 0 Å². The molecule has 10 heteroatoms. The number of hydrogen-bond acceptors (Lipinski definition) is 4. The zero-order chi connectivity index (χ0) is 20.6. The summed E-state index contributed by atoms with van der Waals surface area (Å²) in [6.45, 7) is -1.07. The highest BCUT2D eigenvalue weighted by atomic mass is 32.2.